The smallest absolute Gasteiger partial charge is 0.139 e. The van der Waals surface area contributed by atoms with Crippen molar-refractivity contribution in [2.24, 2.45) is 0 Å². The van der Waals surface area contributed by atoms with Crippen molar-refractivity contribution in [3.63, 3.8) is 0 Å². The minimum atomic E-state index is -1.19. The highest BCUT2D eigenvalue weighted by atomic mass is 35.5. The van der Waals surface area contributed by atoms with E-state index in [-0.39, 0.29) is 0 Å². The lowest BCUT2D eigenvalue weighted by molar-refractivity contribution is 1.44. The predicted octanol–water partition coefficient (Wildman–Crippen LogP) is 2.34. The molecule has 0 aliphatic carbocycles. The first kappa shape index (κ1) is 8.24. The van der Waals surface area contributed by atoms with Gasteiger partial charge in [0, 0.05) is 5.38 Å². The Morgan fingerprint density at radius 2 is 2.10 bits per heavy atom. The fraction of sp³-hybridized carbons (Fsp3) is 0.500. The number of halogens is 1. The molecule has 0 atom stereocenters. The lowest BCUT2D eigenvalue weighted by atomic mass is 11.0. The van der Waals surface area contributed by atoms with E-state index in [1.54, 1.807) is 11.3 Å². The van der Waals surface area contributed by atoms with E-state index in [1.165, 1.54) is 4.63 Å². The van der Waals surface area contributed by atoms with Crippen LogP contribution in [0.4, 0.5) is 0 Å². The Labute approximate surface area is 71.1 Å². The average molecular weight is 192 g/mol. The zero-order valence-electron chi connectivity index (χ0n) is 6.31. The molecule has 0 saturated heterocycles. The summed E-state index contributed by atoms with van der Waals surface area (Å²) in [6.07, 6.45) is 0. The molecule has 0 aliphatic rings. The van der Waals surface area contributed by atoms with Crippen molar-refractivity contribution < 1.29 is 0 Å². The quantitative estimate of drug-likeness (QED) is 0.622. The Bertz CT molecular complexity index is 228. The van der Waals surface area contributed by atoms with Crippen LogP contribution in [0.3, 0.4) is 0 Å². The fourth-order valence-corrected chi connectivity index (χ4v) is 3.40. The summed E-state index contributed by atoms with van der Waals surface area (Å²) in [5.74, 6) is 0. The number of thiazole rings is 1. The van der Waals surface area contributed by atoms with Gasteiger partial charge in [-0.2, -0.15) is 0 Å². The third-order valence-electron chi connectivity index (χ3n) is 1.12. The van der Waals surface area contributed by atoms with Crippen molar-refractivity contribution in [1.82, 2.24) is 4.98 Å². The molecule has 0 aromatic carbocycles. The van der Waals surface area contributed by atoms with E-state index >= 15 is 0 Å². The van der Waals surface area contributed by atoms with Gasteiger partial charge in [0.05, 0.1) is 4.63 Å². The third-order valence-corrected chi connectivity index (χ3v) is 5.68. The molecule has 0 amide bonds. The van der Waals surface area contributed by atoms with Crippen LogP contribution in [0.5, 0.6) is 0 Å². The molecule has 56 valence electrons. The molecule has 10 heavy (non-hydrogen) atoms. The Balaban J connectivity index is 2.96. The van der Waals surface area contributed by atoms with Gasteiger partial charge >= 0.3 is 0 Å². The van der Waals surface area contributed by atoms with Crippen molar-refractivity contribution >= 4 is 35.6 Å². The van der Waals surface area contributed by atoms with Crippen LogP contribution >= 0.6 is 22.9 Å². The van der Waals surface area contributed by atoms with Crippen molar-refractivity contribution in [3.8, 4) is 0 Å². The highest BCUT2D eigenvalue weighted by Gasteiger charge is 2.19. The van der Waals surface area contributed by atoms with Gasteiger partial charge in [0.2, 0.25) is 0 Å². The molecule has 0 N–H and O–H groups in total. The number of aromatic nitrogens is 1. The van der Waals surface area contributed by atoms with Gasteiger partial charge in [-0.3, -0.25) is 0 Å². The molecular weight excluding hydrogens is 182 g/mol. The Morgan fingerprint density at radius 1 is 1.50 bits per heavy atom. The largest absolute Gasteiger partial charge is 0.235 e. The average Bonchev–Trinajstić information content (AvgIpc) is 2.11. The zero-order valence-corrected chi connectivity index (χ0v) is 8.88. The normalized spacial score (nSPS) is 12.0. The van der Waals surface area contributed by atoms with Gasteiger partial charge in [0.15, 0.2) is 0 Å². The van der Waals surface area contributed by atoms with E-state index < -0.39 is 8.07 Å². The molecule has 1 rings (SSSR count). The SMILES string of the molecule is C[Si](C)(C)c1nc(Cl)cs1. The van der Waals surface area contributed by atoms with E-state index in [0.29, 0.717) is 5.15 Å². The maximum Gasteiger partial charge on any atom is 0.139 e. The van der Waals surface area contributed by atoms with Gasteiger partial charge in [-0.15, -0.1) is 11.3 Å². The molecule has 1 aromatic rings. The molecule has 1 nitrogen and oxygen atoms in total. The minimum Gasteiger partial charge on any atom is -0.235 e. The molecule has 0 aliphatic heterocycles. The molecule has 4 heteroatoms. The van der Waals surface area contributed by atoms with Crippen LogP contribution < -0.4 is 4.63 Å². The van der Waals surface area contributed by atoms with Crippen LogP contribution in [0.15, 0.2) is 5.38 Å². The van der Waals surface area contributed by atoms with E-state index in [9.17, 15) is 0 Å². The van der Waals surface area contributed by atoms with Gasteiger partial charge in [-0.05, 0) is 0 Å². The van der Waals surface area contributed by atoms with E-state index in [4.69, 9.17) is 11.6 Å². The topological polar surface area (TPSA) is 12.9 Å². The third kappa shape index (κ3) is 1.81. The summed E-state index contributed by atoms with van der Waals surface area (Å²) < 4.78 is 1.23. The van der Waals surface area contributed by atoms with Crippen molar-refractivity contribution in [2.45, 2.75) is 19.6 Å². The van der Waals surface area contributed by atoms with Crippen LogP contribution in [-0.4, -0.2) is 13.1 Å². The molecule has 1 aromatic heterocycles. The van der Waals surface area contributed by atoms with Crippen LogP contribution in [-0.2, 0) is 0 Å². The monoisotopic (exact) mass is 191 g/mol. The van der Waals surface area contributed by atoms with Crippen molar-refractivity contribution in [3.05, 3.63) is 10.5 Å². The molecule has 0 fully saturated rings. The first-order chi connectivity index (χ1) is 4.50. The first-order valence-corrected chi connectivity index (χ1v) is 7.87. The van der Waals surface area contributed by atoms with Crippen LogP contribution in [0.2, 0.25) is 24.8 Å². The maximum absolute atomic E-state index is 5.69. The zero-order chi connectivity index (χ0) is 7.78. The Morgan fingerprint density at radius 3 is 2.30 bits per heavy atom. The van der Waals surface area contributed by atoms with Gasteiger partial charge in [0.1, 0.15) is 13.2 Å². The second-order valence-corrected chi connectivity index (χ2v) is 9.81. The Kier molecular flexibility index (Phi) is 2.17. The summed E-state index contributed by atoms with van der Waals surface area (Å²) in [5.41, 5.74) is 0. The molecule has 0 bridgehead atoms. The summed E-state index contributed by atoms with van der Waals surface area (Å²) in [4.78, 5) is 4.23. The molecule has 0 spiro atoms. The predicted molar refractivity (Wildman–Crippen MR) is 50.1 cm³/mol. The summed E-state index contributed by atoms with van der Waals surface area (Å²) >= 11 is 7.36. The summed E-state index contributed by atoms with van der Waals surface area (Å²) in [6.45, 7) is 6.80. The molecular formula is C6H10ClNSSi. The van der Waals surface area contributed by atoms with E-state index in [2.05, 4.69) is 24.6 Å². The van der Waals surface area contributed by atoms with Crippen molar-refractivity contribution in [1.29, 1.82) is 0 Å². The lowest BCUT2D eigenvalue weighted by Crippen LogP contribution is -2.37. The van der Waals surface area contributed by atoms with Crippen LogP contribution in [0.1, 0.15) is 0 Å². The molecule has 0 unspecified atom stereocenters. The maximum atomic E-state index is 5.69. The van der Waals surface area contributed by atoms with Crippen molar-refractivity contribution in [2.75, 3.05) is 0 Å². The van der Waals surface area contributed by atoms with Gasteiger partial charge < -0.3 is 0 Å². The van der Waals surface area contributed by atoms with Gasteiger partial charge in [-0.1, -0.05) is 31.2 Å². The highest BCUT2D eigenvalue weighted by molar-refractivity contribution is 7.24. The van der Waals surface area contributed by atoms with Crippen LogP contribution in [0, 0.1) is 0 Å². The summed E-state index contributed by atoms with van der Waals surface area (Å²) in [6, 6.07) is 0. The second kappa shape index (κ2) is 2.64. The fourth-order valence-electron chi connectivity index (χ4n) is 0.599. The van der Waals surface area contributed by atoms with E-state index in [0.717, 1.165) is 0 Å². The number of rotatable bonds is 1. The highest BCUT2D eigenvalue weighted by Crippen LogP contribution is 2.10. The number of nitrogens with zero attached hydrogens (tertiary/aromatic N) is 1. The van der Waals surface area contributed by atoms with Gasteiger partial charge in [0.25, 0.3) is 0 Å². The number of hydrogen-bond donors (Lipinski definition) is 0. The summed E-state index contributed by atoms with van der Waals surface area (Å²) in [7, 11) is -1.19. The van der Waals surface area contributed by atoms with Crippen LogP contribution in [0.25, 0.3) is 0 Å². The van der Waals surface area contributed by atoms with Gasteiger partial charge in [-0.25, -0.2) is 4.98 Å². The second-order valence-electron chi connectivity index (χ2n) is 3.23. The molecule has 0 saturated carbocycles. The minimum absolute atomic E-state index is 0.641. The lowest BCUT2D eigenvalue weighted by Gasteiger charge is -2.09. The standard InChI is InChI=1S/C6H10ClNSSi/c1-10(2,3)6-8-5(7)4-9-6/h4H,1-3H3. The first-order valence-electron chi connectivity index (χ1n) is 3.11. The Hall–Kier alpha value is 0.137. The summed E-state index contributed by atoms with van der Waals surface area (Å²) in [5, 5.41) is 2.54. The number of hydrogen-bond acceptors (Lipinski definition) is 2. The molecule has 0 radical (unpaired) electrons. The van der Waals surface area contributed by atoms with E-state index in [1.807, 2.05) is 5.38 Å². The molecule has 1 heterocycles.